The summed E-state index contributed by atoms with van der Waals surface area (Å²) in [4.78, 5) is 29.9. The normalized spacial score (nSPS) is 13.7. The quantitative estimate of drug-likeness (QED) is 0.399. The van der Waals surface area contributed by atoms with E-state index in [2.05, 4.69) is 11.9 Å². The number of likely N-dealkylation sites (tertiary alicyclic amines) is 1. The highest BCUT2D eigenvalue weighted by atomic mass is 16.5. The minimum atomic E-state index is -1.55. The number of aromatic hydroxyl groups is 1. The van der Waals surface area contributed by atoms with Crippen LogP contribution in [0.15, 0.2) is 24.7 Å². The maximum absolute atomic E-state index is 12.4. The maximum Gasteiger partial charge on any atom is 0.451 e. The van der Waals surface area contributed by atoms with E-state index in [1.54, 1.807) is 15.8 Å². The third-order valence-electron chi connectivity index (χ3n) is 5.11. The Morgan fingerprint density at radius 3 is 2.65 bits per heavy atom. The first kappa shape index (κ1) is 22.6. The van der Waals surface area contributed by atoms with Gasteiger partial charge in [0, 0.05) is 6.20 Å². The van der Waals surface area contributed by atoms with Gasteiger partial charge in [0.1, 0.15) is 29.7 Å². The van der Waals surface area contributed by atoms with Crippen LogP contribution < -0.4 is 4.74 Å². The van der Waals surface area contributed by atoms with Crippen molar-refractivity contribution in [3.63, 3.8) is 0 Å². The number of amides is 1. The molecule has 2 heterocycles. The number of aromatic nitrogens is 2. The molecule has 1 saturated heterocycles. The standard InChI is InChI=1S/C20H26BN3O7/c1-2-3-14-8-23(12-22-14)11-17(25)24-9-15(10-24)31-16-5-4-13(6-7-21(29)30)19(26)18(16)20(27)28/h4-5,8,12,15,26,29-30H,2-3,6-7,9-11H2,1H3,(H,27,28). The molecule has 10 nitrogen and oxygen atoms in total. The van der Waals surface area contributed by atoms with Crippen molar-refractivity contribution in [3.05, 3.63) is 41.5 Å². The Bertz CT molecular complexity index is 941. The van der Waals surface area contributed by atoms with E-state index in [1.807, 2.05) is 6.20 Å². The first-order valence-electron chi connectivity index (χ1n) is 10.2. The molecule has 0 spiro atoms. The summed E-state index contributed by atoms with van der Waals surface area (Å²) < 4.78 is 7.46. The van der Waals surface area contributed by atoms with Crippen LogP contribution in [0.3, 0.4) is 0 Å². The summed E-state index contributed by atoms with van der Waals surface area (Å²) in [5, 5.41) is 37.7. The van der Waals surface area contributed by atoms with Crippen molar-refractivity contribution in [1.82, 2.24) is 14.5 Å². The van der Waals surface area contributed by atoms with Crippen molar-refractivity contribution in [1.29, 1.82) is 0 Å². The van der Waals surface area contributed by atoms with Gasteiger partial charge in [-0.05, 0) is 30.8 Å². The van der Waals surface area contributed by atoms with Crippen molar-refractivity contribution in [2.45, 2.75) is 45.2 Å². The fourth-order valence-corrected chi connectivity index (χ4v) is 3.44. The SMILES string of the molecule is CCCc1cn(CC(=O)N2CC(Oc3ccc(CCB(O)O)c(O)c3C(=O)O)C2)cn1. The Morgan fingerprint density at radius 1 is 1.26 bits per heavy atom. The van der Waals surface area contributed by atoms with Gasteiger partial charge in [-0.2, -0.15) is 0 Å². The highest BCUT2D eigenvalue weighted by Crippen LogP contribution is 2.34. The van der Waals surface area contributed by atoms with Crippen LogP contribution in [0.2, 0.25) is 6.32 Å². The number of hydrogen-bond donors (Lipinski definition) is 4. The molecule has 0 atom stereocenters. The lowest BCUT2D eigenvalue weighted by Crippen LogP contribution is -2.57. The van der Waals surface area contributed by atoms with Gasteiger partial charge in [0.05, 0.1) is 25.1 Å². The Labute approximate surface area is 179 Å². The van der Waals surface area contributed by atoms with Crippen molar-refractivity contribution in [3.8, 4) is 11.5 Å². The highest BCUT2D eigenvalue weighted by molar-refractivity contribution is 6.41. The summed E-state index contributed by atoms with van der Waals surface area (Å²) in [6.45, 7) is 2.87. The van der Waals surface area contributed by atoms with Crippen LogP contribution >= 0.6 is 0 Å². The molecule has 11 heteroatoms. The predicted octanol–water partition coefficient (Wildman–Crippen LogP) is 0.544. The van der Waals surface area contributed by atoms with E-state index >= 15 is 0 Å². The second-order valence-electron chi connectivity index (χ2n) is 7.60. The third kappa shape index (κ3) is 5.56. The molecule has 1 aliphatic rings. The number of carbonyl (C=O) groups is 2. The summed E-state index contributed by atoms with van der Waals surface area (Å²) in [5.74, 6) is -1.89. The van der Waals surface area contributed by atoms with Crippen LogP contribution in [0.5, 0.6) is 11.5 Å². The molecule has 0 bridgehead atoms. The number of benzene rings is 1. The Balaban J connectivity index is 1.58. The molecule has 1 fully saturated rings. The van der Waals surface area contributed by atoms with E-state index in [0.29, 0.717) is 13.1 Å². The number of rotatable bonds is 10. The summed E-state index contributed by atoms with van der Waals surface area (Å²) >= 11 is 0. The zero-order valence-corrected chi connectivity index (χ0v) is 17.3. The van der Waals surface area contributed by atoms with Gasteiger partial charge in [0.15, 0.2) is 0 Å². The van der Waals surface area contributed by atoms with E-state index in [1.165, 1.54) is 12.1 Å². The largest absolute Gasteiger partial charge is 0.507 e. The van der Waals surface area contributed by atoms with E-state index in [9.17, 15) is 19.8 Å². The zero-order chi connectivity index (χ0) is 22.5. The molecule has 3 rings (SSSR count). The molecule has 0 unspecified atom stereocenters. The van der Waals surface area contributed by atoms with Gasteiger partial charge < -0.3 is 34.5 Å². The van der Waals surface area contributed by atoms with E-state index < -0.39 is 18.8 Å². The van der Waals surface area contributed by atoms with Gasteiger partial charge in [0.2, 0.25) is 5.91 Å². The number of ether oxygens (including phenoxy) is 1. The number of hydrogen-bond acceptors (Lipinski definition) is 7. The van der Waals surface area contributed by atoms with Crippen LogP contribution in [0.4, 0.5) is 0 Å². The van der Waals surface area contributed by atoms with Crippen LogP contribution in [0.25, 0.3) is 0 Å². The molecule has 1 amide bonds. The summed E-state index contributed by atoms with van der Waals surface area (Å²) in [6, 6.07) is 2.93. The van der Waals surface area contributed by atoms with E-state index in [0.717, 1.165) is 18.5 Å². The monoisotopic (exact) mass is 431 g/mol. The summed E-state index contributed by atoms with van der Waals surface area (Å²) in [6.07, 6.45) is 5.01. The van der Waals surface area contributed by atoms with Gasteiger partial charge >= 0.3 is 13.1 Å². The molecule has 1 aromatic heterocycles. The first-order valence-corrected chi connectivity index (χ1v) is 10.2. The summed E-state index contributed by atoms with van der Waals surface area (Å²) in [7, 11) is -1.55. The molecule has 1 aromatic carbocycles. The average Bonchev–Trinajstić information content (AvgIpc) is 3.10. The maximum atomic E-state index is 12.4. The minimum absolute atomic E-state index is 0.00853. The van der Waals surface area contributed by atoms with Crippen molar-refractivity contribution >= 4 is 19.0 Å². The van der Waals surface area contributed by atoms with Crippen LogP contribution in [0.1, 0.15) is 35.0 Å². The average molecular weight is 431 g/mol. The number of nitrogens with zero attached hydrogens (tertiary/aromatic N) is 3. The Morgan fingerprint density at radius 2 is 2.00 bits per heavy atom. The van der Waals surface area contributed by atoms with Crippen LogP contribution in [-0.2, 0) is 24.2 Å². The van der Waals surface area contributed by atoms with Gasteiger partial charge in [-0.1, -0.05) is 19.4 Å². The molecular formula is C20H26BN3O7. The van der Waals surface area contributed by atoms with Crippen molar-refractivity contribution < 1.29 is 34.6 Å². The number of imidazole rings is 1. The molecule has 0 radical (unpaired) electrons. The second kappa shape index (κ2) is 9.84. The highest BCUT2D eigenvalue weighted by Gasteiger charge is 2.33. The second-order valence-corrected chi connectivity index (χ2v) is 7.60. The molecule has 2 aromatic rings. The van der Waals surface area contributed by atoms with E-state index in [4.69, 9.17) is 14.8 Å². The number of aromatic carboxylic acids is 1. The smallest absolute Gasteiger partial charge is 0.451 e. The Kier molecular flexibility index (Phi) is 7.19. The lowest BCUT2D eigenvalue weighted by atomic mass is 9.82. The fraction of sp³-hybridized carbons (Fsp3) is 0.450. The van der Waals surface area contributed by atoms with Crippen LogP contribution in [0, 0.1) is 0 Å². The first-order chi connectivity index (χ1) is 14.8. The molecule has 31 heavy (non-hydrogen) atoms. The Hall–Kier alpha value is -3.05. The van der Waals surface area contributed by atoms with Gasteiger partial charge in [0.25, 0.3) is 0 Å². The molecule has 0 saturated carbocycles. The molecule has 4 N–H and O–H groups in total. The number of phenols is 1. The zero-order valence-electron chi connectivity index (χ0n) is 17.3. The fourth-order valence-electron chi connectivity index (χ4n) is 3.44. The predicted molar refractivity (Wildman–Crippen MR) is 111 cm³/mol. The molecule has 166 valence electrons. The number of carboxylic acid groups (broad SMARTS) is 1. The van der Waals surface area contributed by atoms with Gasteiger partial charge in [-0.25, -0.2) is 9.78 Å². The number of carbonyl (C=O) groups excluding carboxylic acids is 1. The van der Waals surface area contributed by atoms with Crippen LogP contribution in [-0.4, -0.2) is 72.9 Å². The molecule has 1 aliphatic heterocycles. The topological polar surface area (TPSA) is 145 Å². The third-order valence-corrected chi connectivity index (χ3v) is 5.11. The van der Waals surface area contributed by atoms with Crippen molar-refractivity contribution in [2.75, 3.05) is 13.1 Å². The molecule has 0 aliphatic carbocycles. The van der Waals surface area contributed by atoms with Gasteiger partial charge in [-0.3, -0.25) is 4.79 Å². The summed E-state index contributed by atoms with van der Waals surface area (Å²) in [5.41, 5.74) is 0.848. The lowest BCUT2D eigenvalue weighted by Gasteiger charge is -2.39. The molecular weight excluding hydrogens is 405 g/mol. The number of aryl methyl sites for hydroxylation is 2. The lowest BCUT2D eigenvalue weighted by molar-refractivity contribution is -0.140. The minimum Gasteiger partial charge on any atom is -0.507 e. The van der Waals surface area contributed by atoms with E-state index in [-0.39, 0.29) is 48.2 Å². The van der Waals surface area contributed by atoms with Crippen molar-refractivity contribution in [2.24, 2.45) is 0 Å². The van der Waals surface area contributed by atoms with Gasteiger partial charge in [-0.15, -0.1) is 0 Å². The number of carboxylic acids is 1.